The van der Waals surface area contributed by atoms with Crippen LogP contribution in [-0.2, 0) is 0 Å². The van der Waals surface area contributed by atoms with Gasteiger partial charge in [-0.1, -0.05) is 0 Å². The third kappa shape index (κ3) is 0.695. The first kappa shape index (κ1) is 4.88. The van der Waals surface area contributed by atoms with Gasteiger partial charge in [-0.25, -0.2) is 5.43 Å². The second kappa shape index (κ2) is 1.77. The van der Waals surface area contributed by atoms with E-state index in [-0.39, 0.29) is 0 Å². The van der Waals surface area contributed by atoms with Crippen molar-refractivity contribution >= 4 is 0 Å². The second-order valence-electron chi connectivity index (χ2n) is 2.12. The number of hydrogen-bond acceptors (Lipinski definition) is 3. The Balaban J connectivity index is 2.23. The Bertz CT molecular complexity index is 171. The molecule has 0 saturated heterocycles. The monoisotopic (exact) mass is 123 g/mol. The van der Waals surface area contributed by atoms with E-state index in [1.54, 1.807) is 0 Å². The average molecular weight is 123 g/mol. The normalized spacial score (nSPS) is 23.1. The number of hydrazine groups is 1. The molecule has 0 fully saturated rings. The summed E-state index contributed by atoms with van der Waals surface area (Å²) in [5.74, 6) is 0. The van der Waals surface area contributed by atoms with Gasteiger partial charge in [0, 0.05) is 18.9 Å². The third-order valence-corrected chi connectivity index (χ3v) is 1.53. The predicted octanol–water partition coefficient (Wildman–Crippen LogP) is -0.235. The summed E-state index contributed by atoms with van der Waals surface area (Å²) < 4.78 is 0. The summed E-state index contributed by atoms with van der Waals surface area (Å²) in [4.78, 5) is 0. The van der Waals surface area contributed by atoms with Gasteiger partial charge in [-0.2, -0.15) is 0 Å². The van der Waals surface area contributed by atoms with Gasteiger partial charge in [0.25, 0.3) is 0 Å². The zero-order valence-electron chi connectivity index (χ0n) is 5.09. The molecule has 2 aliphatic rings. The van der Waals surface area contributed by atoms with Gasteiger partial charge in [-0.3, -0.25) is 5.01 Å². The second-order valence-corrected chi connectivity index (χ2v) is 2.12. The SMILES string of the molecule is C1=CN2NCC=C2CN1. The molecule has 2 aliphatic heterocycles. The fourth-order valence-electron chi connectivity index (χ4n) is 1.06. The number of hydrogen-bond donors (Lipinski definition) is 2. The first-order valence-electron chi connectivity index (χ1n) is 3.09. The van der Waals surface area contributed by atoms with Gasteiger partial charge in [0.1, 0.15) is 0 Å². The summed E-state index contributed by atoms with van der Waals surface area (Å²) in [6.07, 6.45) is 6.11. The molecule has 0 saturated carbocycles. The molecule has 0 spiro atoms. The molecule has 3 nitrogen and oxygen atoms in total. The molecular formula is C6H9N3. The lowest BCUT2D eigenvalue weighted by atomic mass is 10.4. The zero-order chi connectivity index (χ0) is 6.10. The Morgan fingerprint density at radius 1 is 1.56 bits per heavy atom. The third-order valence-electron chi connectivity index (χ3n) is 1.53. The van der Waals surface area contributed by atoms with E-state index in [4.69, 9.17) is 0 Å². The Morgan fingerprint density at radius 3 is 3.44 bits per heavy atom. The topological polar surface area (TPSA) is 27.3 Å². The molecule has 0 atom stereocenters. The van der Waals surface area contributed by atoms with E-state index in [2.05, 4.69) is 16.8 Å². The maximum absolute atomic E-state index is 3.17. The van der Waals surface area contributed by atoms with Crippen LogP contribution in [0.25, 0.3) is 0 Å². The van der Waals surface area contributed by atoms with Crippen molar-refractivity contribution in [1.82, 2.24) is 15.8 Å². The molecule has 2 N–H and O–H groups in total. The molecule has 0 aromatic heterocycles. The van der Waals surface area contributed by atoms with Gasteiger partial charge in [0.05, 0.1) is 12.2 Å². The van der Waals surface area contributed by atoms with Crippen molar-refractivity contribution in [2.24, 2.45) is 0 Å². The van der Waals surface area contributed by atoms with Crippen LogP contribution in [0.4, 0.5) is 0 Å². The van der Waals surface area contributed by atoms with Crippen molar-refractivity contribution in [3.8, 4) is 0 Å². The van der Waals surface area contributed by atoms with Gasteiger partial charge in [-0.05, 0) is 6.08 Å². The molecule has 9 heavy (non-hydrogen) atoms. The summed E-state index contributed by atoms with van der Waals surface area (Å²) in [6.45, 7) is 1.91. The van der Waals surface area contributed by atoms with Crippen molar-refractivity contribution < 1.29 is 0 Å². The van der Waals surface area contributed by atoms with Gasteiger partial charge >= 0.3 is 0 Å². The highest BCUT2D eigenvalue weighted by Gasteiger charge is 2.12. The molecule has 0 bridgehead atoms. The highest BCUT2D eigenvalue weighted by Crippen LogP contribution is 2.08. The van der Waals surface area contributed by atoms with Gasteiger partial charge < -0.3 is 5.32 Å². The lowest BCUT2D eigenvalue weighted by molar-refractivity contribution is 0.366. The number of rotatable bonds is 0. The highest BCUT2D eigenvalue weighted by atomic mass is 15.5. The maximum Gasteiger partial charge on any atom is 0.0560 e. The molecule has 3 heteroatoms. The van der Waals surface area contributed by atoms with E-state index < -0.39 is 0 Å². The fraction of sp³-hybridized carbons (Fsp3) is 0.333. The Kier molecular flexibility index (Phi) is 0.960. The minimum Gasteiger partial charge on any atom is -0.384 e. The van der Waals surface area contributed by atoms with Crippen molar-refractivity contribution in [1.29, 1.82) is 0 Å². The summed E-state index contributed by atoms with van der Waals surface area (Å²) in [6, 6.07) is 0. The van der Waals surface area contributed by atoms with Crippen LogP contribution in [-0.4, -0.2) is 18.1 Å². The lowest BCUT2D eigenvalue weighted by Gasteiger charge is -2.21. The van der Waals surface area contributed by atoms with Crippen LogP contribution in [0, 0.1) is 0 Å². The van der Waals surface area contributed by atoms with E-state index >= 15 is 0 Å². The molecule has 0 unspecified atom stereocenters. The molecule has 0 radical (unpaired) electrons. The summed E-state index contributed by atoms with van der Waals surface area (Å²) in [7, 11) is 0. The smallest absolute Gasteiger partial charge is 0.0560 e. The fourth-order valence-corrected chi connectivity index (χ4v) is 1.06. The van der Waals surface area contributed by atoms with E-state index in [1.807, 2.05) is 17.4 Å². The van der Waals surface area contributed by atoms with Gasteiger partial charge in [0.15, 0.2) is 0 Å². The quantitative estimate of drug-likeness (QED) is 0.465. The summed E-state index contributed by atoms with van der Waals surface area (Å²) in [5, 5.41) is 5.16. The summed E-state index contributed by atoms with van der Waals surface area (Å²) in [5.41, 5.74) is 4.49. The van der Waals surface area contributed by atoms with Crippen molar-refractivity contribution in [2.45, 2.75) is 0 Å². The standard InChI is InChI=1S/C6H9N3/c1-2-8-9-4-3-7-5-6(1)9/h1,3-4,7-8H,2,5H2. The molecule has 0 aliphatic carbocycles. The highest BCUT2D eigenvalue weighted by molar-refractivity contribution is 5.15. The molecule has 0 aromatic rings. The first-order chi connectivity index (χ1) is 4.47. The van der Waals surface area contributed by atoms with Crippen LogP contribution in [0.3, 0.4) is 0 Å². The number of nitrogens with zero attached hydrogens (tertiary/aromatic N) is 1. The van der Waals surface area contributed by atoms with Gasteiger partial charge in [-0.15, -0.1) is 0 Å². The Hall–Kier alpha value is -0.960. The Morgan fingerprint density at radius 2 is 2.56 bits per heavy atom. The zero-order valence-corrected chi connectivity index (χ0v) is 5.09. The molecule has 2 heterocycles. The first-order valence-corrected chi connectivity index (χ1v) is 3.09. The molecule has 0 amide bonds. The molecule has 48 valence electrons. The van der Waals surface area contributed by atoms with Crippen LogP contribution in [0.2, 0.25) is 0 Å². The van der Waals surface area contributed by atoms with E-state index in [1.165, 1.54) is 5.70 Å². The predicted molar refractivity (Wildman–Crippen MR) is 35.1 cm³/mol. The summed E-state index contributed by atoms with van der Waals surface area (Å²) >= 11 is 0. The van der Waals surface area contributed by atoms with Crippen LogP contribution in [0.15, 0.2) is 24.2 Å². The molecule has 0 aromatic carbocycles. The number of fused-ring (bicyclic) bond motifs is 1. The lowest BCUT2D eigenvalue weighted by Crippen LogP contribution is -2.33. The van der Waals surface area contributed by atoms with Crippen LogP contribution >= 0.6 is 0 Å². The van der Waals surface area contributed by atoms with Crippen molar-refractivity contribution in [3.63, 3.8) is 0 Å². The van der Waals surface area contributed by atoms with Crippen LogP contribution < -0.4 is 10.7 Å². The minimum absolute atomic E-state index is 0.948. The van der Waals surface area contributed by atoms with Crippen molar-refractivity contribution in [3.05, 3.63) is 24.2 Å². The average Bonchev–Trinajstić information content (AvgIpc) is 2.33. The molecule has 2 rings (SSSR count). The van der Waals surface area contributed by atoms with Crippen molar-refractivity contribution in [2.75, 3.05) is 13.1 Å². The van der Waals surface area contributed by atoms with Gasteiger partial charge in [0.2, 0.25) is 0 Å². The molecular weight excluding hydrogens is 114 g/mol. The number of nitrogens with one attached hydrogen (secondary N) is 2. The Labute approximate surface area is 54.0 Å². The van der Waals surface area contributed by atoms with Crippen LogP contribution in [0.1, 0.15) is 0 Å². The van der Waals surface area contributed by atoms with E-state index in [9.17, 15) is 0 Å². The van der Waals surface area contributed by atoms with E-state index in [0.717, 1.165) is 13.1 Å². The van der Waals surface area contributed by atoms with E-state index in [0.29, 0.717) is 0 Å². The van der Waals surface area contributed by atoms with Crippen LogP contribution in [0.5, 0.6) is 0 Å². The minimum atomic E-state index is 0.948. The maximum atomic E-state index is 3.17. The largest absolute Gasteiger partial charge is 0.384 e.